The van der Waals surface area contributed by atoms with Crippen LogP contribution >= 0.6 is 15.9 Å². The van der Waals surface area contributed by atoms with E-state index in [4.69, 9.17) is 0 Å². The summed E-state index contributed by atoms with van der Waals surface area (Å²) in [7, 11) is 0. The van der Waals surface area contributed by atoms with Crippen LogP contribution in [0.3, 0.4) is 0 Å². The van der Waals surface area contributed by atoms with Crippen LogP contribution < -0.4 is 5.32 Å². The Morgan fingerprint density at radius 1 is 1.13 bits per heavy atom. The Kier molecular flexibility index (Phi) is 3.61. The van der Waals surface area contributed by atoms with Crippen molar-refractivity contribution in [3.05, 3.63) is 76.3 Å². The Hall–Kier alpha value is -2.21. The fourth-order valence-corrected chi connectivity index (χ4v) is 3.30. The van der Waals surface area contributed by atoms with Crippen molar-refractivity contribution in [3.8, 4) is 0 Å². The van der Waals surface area contributed by atoms with Crippen LogP contribution in [0, 0.1) is 5.82 Å². The van der Waals surface area contributed by atoms with E-state index < -0.39 is 0 Å². The monoisotopic (exact) mass is 372 g/mol. The third-order valence-electron chi connectivity index (χ3n) is 4.17. The maximum absolute atomic E-state index is 14.3. The highest BCUT2D eigenvalue weighted by Gasteiger charge is 2.31. The lowest BCUT2D eigenvalue weighted by molar-refractivity contribution is 0.416. The fraction of sp³-hybridized carbons (Fsp3) is 0.176. The molecule has 2 heterocycles. The van der Waals surface area contributed by atoms with Crippen molar-refractivity contribution >= 4 is 21.9 Å². The molecule has 0 bridgehead atoms. The maximum atomic E-state index is 14.3. The van der Waals surface area contributed by atoms with Gasteiger partial charge in [-0.05, 0) is 30.2 Å². The van der Waals surface area contributed by atoms with E-state index >= 15 is 0 Å². The molecule has 4 nitrogen and oxygen atoms in total. The Morgan fingerprint density at radius 3 is 2.70 bits per heavy atom. The van der Waals surface area contributed by atoms with E-state index in [1.54, 1.807) is 10.7 Å². The molecule has 0 amide bonds. The molecule has 2 atom stereocenters. The van der Waals surface area contributed by atoms with Gasteiger partial charge >= 0.3 is 0 Å². The lowest BCUT2D eigenvalue weighted by Crippen LogP contribution is -2.28. The molecule has 6 heteroatoms. The number of hydrogen-bond donors (Lipinski definition) is 1. The van der Waals surface area contributed by atoms with Gasteiger partial charge in [-0.25, -0.2) is 9.07 Å². The van der Waals surface area contributed by atoms with Crippen molar-refractivity contribution in [2.24, 2.45) is 0 Å². The minimum absolute atomic E-state index is 0.0596. The fourth-order valence-electron chi connectivity index (χ4n) is 3.04. The second-order valence-electron chi connectivity index (χ2n) is 5.55. The maximum Gasteiger partial charge on any atom is 0.222 e. The molecule has 0 aliphatic carbocycles. The van der Waals surface area contributed by atoms with E-state index in [1.807, 2.05) is 24.3 Å². The van der Waals surface area contributed by atoms with E-state index in [0.717, 1.165) is 10.0 Å². The van der Waals surface area contributed by atoms with Crippen LogP contribution in [0.1, 0.15) is 29.6 Å². The highest BCUT2D eigenvalue weighted by molar-refractivity contribution is 9.10. The summed E-state index contributed by atoms with van der Waals surface area (Å²) in [6.45, 7) is 0. The lowest BCUT2D eigenvalue weighted by Gasteiger charge is -2.32. The molecule has 23 heavy (non-hydrogen) atoms. The lowest BCUT2D eigenvalue weighted by atomic mass is 9.93. The molecular weight excluding hydrogens is 359 g/mol. The summed E-state index contributed by atoms with van der Waals surface area (Å²) >= 11 is 3.45. The predicted octanol–water partition coefficient (Wildman–Crippen LogP) is 4.33. The first-order valence-corrected chi connectivity index (χ1v) is 8.17. The van der Waals surface area contributed by atoms with Crippen LogP contribution in [0.25, 0.3) is 0 Å². The first-order valence-electron chi connectivity index (χ1n) is 7.38. The summed E-state index contributed by atoms with van der Waals surface area (Å²) in [5.41, 5.74) is 1.78. The summed E-state index contributed by atoms with van der Waals surface area (Å²) in [4.78, 5) is 4.26. The van der Waals surface area contributed by atoms with E-state index in [9.17, 15) is 4.39 Å². The third-order valence-corrected chi connectivity index (χ3v) is 4.70. The van der Waals surface area contributed by atoms with Crippen molar-refractivity contribution in [1.29, 1.82) is 0 Å². The first kappa shape index (κ1) is 14.4. The Balaban J connectivity index is 1.75. The Morgan fingerprint density at radius 2 is 1.91 bits per heavy atom. The normalized spacial score (nSPS) is 19.9. The van der Waals surface area contributed by atoms with Crippen molar-refractivity contribution < 1.29 is 4.39 Å². The zero-order valence-corrected chi connectivity index (χ0v) is 13.7. The van der Waals surface area contributed by atoms with E-state index in [0.29, 0.717) is 17.9 Å². The SMILES string of the molecule is Fc1ccccc1C1CC(c2ccc(Br)cc2)Nc2ncnn21. The zero-order valence-electron chi connectivity index (χ0n) is 12.2. The summed E-state index contributed by atoms with van der Waals surface area (Å²) in [6, 6.07) is 14.9. The smallest absolute Gasteiger partial charge is 0.222 e. The molecule has 0 radical (unpaired) electrons. The van der Waals surface area contributed by atoms with Crippen LogP contribution in [0.15, 0.2) is 59.3 Å². The van der Waals surface area contributed by atoms with E-state index in [-0.39, 0.29) is 17.9 Å². The van der Waals surface area contributed by atoms with Crippen LogP contribution in [-0.2, 0) is 0 Å². The van der Waals surface area contributed by atoms with Crippen LogP contribution in [-0.4, -0.2) is 14.8 Å². The topological polar surface area (TPSA) is 42.7 Å². The highest BCUT2D eigenvalue weighted by Crippen LogP contribution is 2.38. The molecule has 4 rings (SSSR count). The molecule has 0 saturated heterocycles. The molecule has 1 N–H and O–H groups in total. The number of benzene rings is 2. The van der Waals surface area contributed by atoms with Crippen LogP contribution in [0.4, 0.5) is 10.3 Å². The molecule has 2 unspecified atom stereocenters. The van der Waals surface area contributed by atoms with Crippen LogP contribution in [0.2, 0.25) is 0 Å². The minimum Gasteiger partial charge on any atom is -0.348 e. The number of nitrogens with one attached hydrogen (secondary N) is 1. The van der Waals surface area contributed by atoms with Gasteiger partial charge in [0.15, 0.2) is 0 Å². The molecule has 2 aromatic carbocycles. The van der Waals surface area contributed by atoms with Gasteiger partial charge in [0.25, 0.3) is 0 Å². The summed E-state index contributed by atoms with van der Waals surface area (Å²) in [6.07, 6.45) is 2.21. The molecule has 0 fully saturated rings. The second kappa shape index (κ2) is 5.77. The molecule has 1 aliphatic rings. The van der Waals surface area contributed by atoms with E-state index in [2.05, 4.69) is 43.5 Å². The number of nitrogens with zero attached hydrogens (tertiary/aromatic N) is 3. The van der Waals surface area contributed by atoms with Gasteiger partial charge in [-0.15, -0.1) is 0 Å². The number of aromatic nitrogens is 3. The van der Waals surface area contributed by atoms with Gasteiger partial charge in [-0.2, -0.15) is 10.1 Å². The number of rotatable bonds is 2. The first-order chi connectivity index (χ1) is 11.2. The molecule has 0 saturated carbocycles. The number of anilines is 1. The molecular formula is C17H14BrFN4. The van der Waals surface area contributed by atoms with Gasteiger partial charge in [-0.3, -0.25) is 0 Å². The number of fused-ring (bicyclic) bond motifs is 1. The van der Waals surface area contributed by atoms with Gasteiger partial charge < -0.3 is 5.32 Å². The molecule has 116 valence electrons. The standard InChI is InChI=1S/C17H14BrFN4/c18-12-7-5-11(6-8-12)15-9-16(13-3-1-2-4-14(13)19)23-17(22-15)20-10-21-23/h1-8,10,15-16H,9H2,(H,20,21,22). The third kappa shape index (κ3) is 2.63. The summed E-state index contributed by atoms with van der Waals surface area (Å²) in [5.74, 6) is 0.452. The second-order valence-corrected chi connectivity index (χ2v) is 6.47. The highest BCUT2D eigenvalue weighted by atomic mass is 79.9. The van der Waals surface area contributed by atoms with Crippen molar-refractivity contribution in [2.45, 2.75) is 18.5 Å². The average Bonchev–Trinajstić information content (AvgIpc) is 3.04. The van der Waals surface area contributed by atoms with Crippen LogP contribution in [0.5, 0.6) is 0 Å². The zero-order chi connectivity index (χ0) is 15.8. The largest absolute Gasteiger partial charge is 0.348 e. The quantitative estimate of drug-likeness (QED) is 0.727. The molecule has 0 spiro atoms. The average molecular weight is 373 g/mol. The minimum atomic E-state index is -0.213. The van der Waals surface area contributed by atoms with Gasteiger partial charge in [-0.1, -0.05) is 46.3 Å². The molecule has 3 aromatic rings. The number of hydrogen-bond acceptors (Lipinski definition) is 3. The van der Waals surface area contributed by atoms with Gasteiger partial charge in [0.05, 0.1) is 12.1 Å². The van der Waals surface area contributed by atoms with E-state index in [1.165, 1.54) is 12.4 Å². The van der Waals surface area contributed by atoms with Gasteiger partial charge in [0.1, 0.15) is 12.1 Å². The van der Waals surface area contributed by atoms with Gasteiger partial charge in [0.2, 0.25) is 5.95 Å². The Bertz CT molecular complexity index is 831. The predicted molar refractivity (Wildman–Crippen MR) is 89.7 cm³/mol. The van der Waals surface area contributed by atoms with Gasteiger partial charge in [0, 0.05) is 10.0 Å². The van der Waals surface area contributed by atoms with Crippen molar-refractivity contribution in [3.63, 3.8) is 0 Å². The Labute approximate surface area is 141 Å². The van der Waals surface area contributed by atoms with Crippen molar-refractivity contribution in [2.75, 3.05) is 5.32 Å². The summed E-state index contributed by atoms with van der Waals surface area (Å²) in [5, 5.41) is 7.65. The summed E-state index contributed by atoms with van der Waals surface area (Å²) < 4.78 is 17.1. The molecule has 1 aliphatic heterocycles. The van der Waals surface area contributed by atoms with Crippen molar-refractivity contribution in [1.82, 2.24) is 14.8 Å². The molecule has 1 aromatic heterocycles. The number of halogens is 2.